The lowest BCUT2D eigenvalue weighted by molar-refractivity contribution is -0.119. The van der Waals surface area contributed by atoms with Gasteiger partial charge in [-0.1, -0.05) is 60.2 Å². The van der Waals surface area contributed by atoms with E-state index in [9.17, 15) is 9.59 Å². The van der Waals surface area contributed by atoms with E-state index in [1.165, 1.54) is 5.56 Å². The molecule has 0 aromatic heterocycles. The first kappa shape index (κ1) is 17.7. The number of nitrogens with one attached hydrogen (secondary N) is 3. The van der Waals surface area contributed by atoms with Crippen LogP contribution in [0.25, 0.3) is 0 Å². The molecule has 0 heterocycles. The summed E-state index contributed by atoms with van der Waals surface area (Å²) in [4.78, 5) is 23.3. The van der Waals surface area contributed by atoms with Crippen LogP contribution in [0, 0.1) is 6.92 Å². The number of carbonyl (C=O) groups is 2. The van der Waals surface area contributed by atoms with Crippen molar-refractivity contribution in [2.75, 3.05) is 13.1 Å². The largest absolute Gasteiger partial charge is 0.338 e. The summed E-state index contributed by atoms with van der Waals surface area (Å²) in [6.07, 6.45) is 0. The Labute approximate surface area is 142 Å². The molecule has 0 bridgehead atoms. The van der Waals surface area contributed by atoms with Gasteiger partial charge in [0.1, 0.15) is 0 Å². The van der Waals surface area contributed by atoms with Crippen LogP contribution in [0.5, 0.6) is 0 Å². The highest BCUT2D eigenvalue weighted by atomic mass is 16.2. The van der Waals surface area contributed by atoms with Gasteiger partial charge in [0.15, 0.2) is 0 Å². The lowest BCUT2D eigenvalue weighted by Crippen LogP contribution is -2.44. The van der Waals surface area contributed by atoms with Crippen molar-refractivity contribution in [2.45, 2.75) is 19.9 Å². The van der Waals surface area contributed by atoms with Crippen molar-refractivity contribution in [1.29, 1.82) is 0 Å². The molecule has 0 saturated carbocycles. The summed E-state index contributed by atoms with van der Waals surface area (Å²) in [5, 5.41) is 8.06. The first-order valence-corrected chi connectivity index (χ1v) is 8.02. The van der Waals surface area contributed by atoms with E-state index < -0.39 is 6.03 Å². The van der Waals surface area contributed by atoms with E-state index >= 15 is 0 Å². The van der Waals surface area contributed by atoms with Crippen LogP contribution >= 0.6 is 0 Å². The van der Waals surface area contributed by atoms with Gasteiger partial charge in [-0.15, -0.1) is 0 Å². The maximum Gasteiger partial charge on any atom is 0.321 e. The number of amides is 3. The van der Waals surface area contributed by atoms with Crippen LogP contribution in [-0.2, 0) is 4.79 Å². The van der Waals surface area contributed by atoms with E-state index in [1.54, 1.807) is 6.92 Å². The third-order valence-corrected chi connectivity index (χ3v) is 3.60. The van der Waals surface area contributed by atoms with Crippen LogP contribution in [0.4, 0.5) is 4.79 Å². The standard InChI is InChI=1S/C19H23N3O2/c1-3-20-19(24)22-17(23)13-21-18(15-7-5-4-6-8-15)16-11-9-14(2)10-12-16/h4-12,18,21H,3,13H2,1-2H3,(H2,20,22,23,24)/t18-/m1/s1. The molecule has 0 aliphatic carbocycles. The molecule has 3 N–H and O–H groups in total. The van der Waals surface area contributed by atoms with Gasteiger partial charge in [-0.2, -0.15) is 0 Å². The van der Waals surface area contributed by atoms with E-state index in [-0.39, 0.29) is 18.5 Å². The number of benzene rings is 2. The minimum atomic E-state index is -0.476. The van der Waals surface area contributed by atoms with Crippen molar-refractivity contribution >= 4 is 11.9 Å². The average molecular weight is 325 g/mol. The molecule has 3 amide bonds. The van der Waals surface area contributed by atoms with Gasteiger partial charge in [-0.3, -0.25) is 15.4 Å². The highest BCUT2D eigenvalue weighted by molar-refractivity contribution is 5.95. The molecule has 2 rings (SSSR count). The van der Waals surface area contributed by atoms with E-state index in [1.807, 2.05) is 61.5 Å². The van der Waals surface area contributed by atoms with Gasteiger partial charge in [0.2, 0.25) is 5.91 Å². The van der Waals surface area contributed by atoms with Crippen molar-refractivity contribution in [3.05, 3.63) is 71.3 Å². The summed E-state index contributed by atoms with van der Waals surface area (Å²) in [7, 11) is 0. The topological polar surface area (TPSA) is 70.2 Å². The van der Waals surface area contributed by atoms with Crippen molar-refractivity contribution in [2.24, 2.45) is 0 Å². The Morgan fingerprint density at radius 1 is 0.958 bits per heavy atom. The molecule has 0 aliphatic rings. The lowest BCUT2D eigenvalue weighted by Gasteiger charge is -2.20. The van der Waals surface area contributed by atoms with E-state index in [0.717, 1.165) is 11.1 Å². The monoisotopic (exact) mass is 325 g/mol. The van der Waals surface area contributed by atoms with Gasteiger partial charge in [0.25, 0.3) is 0 Å². The van der Waals surface area contributed by atoms with Crippen LogP contribution in [0.3, 0.4) is 0 Å². The molecule has 5 heteroatoms. The zero-order valence-electron chi connectivity index (χ0n) is 14.0. The molecule has 1 atom stereocenters. The molecule has 24 heavy (non-hydrogen) atoms. The maximum absolute atomic E-state index is 11.9. The van der Waals surface area contributed by atoms with Gasteiger partial charge in [0, 0.05) is 6.54 Å². The van der Waals surface area contributed by atoms with Gasteiger partial charge >= 0.3 is 6.03 Å². The van der Waals surface area contributed by atoms with Gasteiger partial charge in [0.05, 0.1) is 12.6 Å². The van der Waals surface area contributed by atoms with Crippen molar-refractivity contribution in [1.82, 2.24) is 16.0 Å². The molecule has 2 aromatic carbocycles. The molecule has 0 aliphatic heterocycles. The average Bonchev–Trinajstić information content (AvgIpc) is 2.57. The third kappa shape index (κ3) is 5.21. The Hall–Kier alpha value is -2.66. The second-order valence-corrected chi connectivity index (χ2v) is 5.54. The second kappa shape index (κ2) is 8.84. The van der Waals surface area contributed by atoms with E-state index in [4.69, 9.17) is 0 Å². The Morgan fingerprint density at radius 2 is 1.58 bits per heavy atom. The molecule has 126 valence electrons. The molecular weight excluding hydrogens is 302 g/mol. The van der Waals surface area contributed by atoms with Crippen molar-refractivity contribution in [3.63, 3.8) is 0 Å². The quantitative estimate of drug-likeness (QED) is 0.764. The highest BCUT2D eigenvalue weighted by Gasteiger charge is 2.15. The molecule has 0 unspecified atom stereocenters. The summed E-state index contributed by atoms with van der Waals surface area (Å²) in [6.45, 7) is 4.35. The third-order valence-electron chi connectivity index (χ3n) is 3.60. The Morgan fingerprint density at radius 3 is 2.21 bits per heavy atom. The number of aryl methyl sites for hydroxylation is 1. The van der Waals surface area contributed by atoms with Crippen molar-refractivity contribution < 1.29 is 9.59 Å². The van der Waals surface area contributed by atoms with Gasteiger partial charge in [-0.25, -0.2) is 4.79 Å². The summed E-state index contributed by atoms with van der Waals surface area (Å²) < 4.78 is 0. The smallest absolute Gasteiger partial charge is 0.321 e. The molecular formula is C19H23N3O2. The number of urea groups is 1. The number of hydrogen-bond acceptors (Lipinski definition) is 3. The van der Waals surface area contributed by atoms with Gasteiger partial charge in [-0.05, 0) is 25.0 Å². The van der Waals surface area contributed by atoms with Crippen LogP contribution in [0.2, 0.25) is 0 Å². The van der Waals surface area contributed by atoms with Crippen LogP contribution in [-0.4, -0.2) is 25.0 Å². The van der Waals surface area contributed by atoms with Crippen LogP contribution < -0.4 is 16.0 Å². The SMILES string of the molecule is CCNC(=O)NC(=O)CN[C@H](c1ccccc1)c1ccc(C)cc1. The van der Waals surface area contributed by atoms with E-state index in [2.05, 4.69) is 16.0 Å². The fourth-order valence-electron chi connectivity index (χ4n) is 2.40. The lowest BCUT2D eigenvalue weighted by atomic mass is 9.98. The molecule has 5 nitrogen and oxygen atoms in total. The molecule has 0 radical (unpaired) electrons. The zero-order chi connectivity index (χ0) is 17.4. The number of rotatable bonds is 6. The highest BCUT2D eigenvalue weighted by Crippen LogP contribution is 2.22. The first-order chi connectivity index (χ1) is 11.6. The summed E-state index contributed by atoms with van der Waals surface area (Å²) in [6, 6.07) is 17.5. The zero-order valence-corrected chi connectivity index (χ0v) is 14.0. The Balaban J connectivity index is 2.08. The van der Waals surface area contributed by atoms with Crippen molar-refractivity contribution in [3.8, 4) is 0 Å². The molecule has 0 fully saturated rings. The number of carbonyl (C=O) groups excluding carboxylic acids is 2. The normalized spacial score (nSPS) is 11.6. The maximum atomic E-state index is 11.9. The predicted octanol–water partition coefficient (Wildman–Crippen LogP) is 2.52. The van der Waals surface area contributed by atoms with Crippen LogP contribution in [0.15, 0.2) is 54.6 Å². The fraction of sp³-hybridized carbons (Fsp3) is 0.263. The summed E-state index contributed by atoms with van der Waals surface area (Å²) in [5.74, 6) is -0.367. The summed E-state index contributed by atoms with van der Waals surface area (Å²) in [5.41, 5.74) is 3.31. The minimum Gasteiger partial charge on any atom is -0.338 e. The Kier molecular flexibility index (Phi) is 6.51. The Bertz CT molecular complexity index is 669. The van der Waals surface area contributed by atoms with Crippen LogP contribution in [0.1, 0.15) is 29.7 Å². The minimum absolute atomic E-state index is 0.0462. The molecule has 2 aromatic rings. The number of imide groups is 1. The fourth-order valence-corrected chi connectivity index (χ4v) is 2.40. The molecule has 0 spiro atoms. The molecule has 0 saturated heterocycles. The van der Waals surface area contributed by atoms with Gasteiger partial charge < -0.3 is 5.32 Å². The second-order valence-electron chi connectivity index (χ2n) is 5.54. The summed E-state index contributed by atoms with van der Waals surface area (Å²) >= 11 is 0. The van der Waals surface area contributed by atoms with E-state index in [0.29, 0.717) is 6.54 Å². The number of hydrogen-bond donors (Lipinski definition) is 3. The predicted molar refractivity (Wildman–Crippen MR) is 94.7 cm³/mol. The first-order valence-electron chi connectivity index (χ1n) is 8.02.